The van der Waals surface area contributed by atoms with Gasteiger partial charge in [0.25, 0.3) is 0 Å². The van der Waals surface area contributed by atoms with Crippen molar-refractivity contribution in [1.82, 2.24) is 4.98 Å². The van der Waals surface area contributed by atoms with Gasteiger partial charge >= 0.3 is 0 Å². The van der Waals surface area contributed by atoms with E-state index in [1.165, 1.54) is 12.1 Å². The molecule has 0 saturated heterocycles. The molecule has 2 N–H and O–H groups in total. The molecule has 6 heteroatoms. The van der Waals surface area contributed by atoms with Gasteiger partial charge in [-0.3, -0.25) is 4.98 Å². The second kappa shape index (κ2) is 6.86. The van der Waals surface area contributed by atoms with Gasteiger partial charge in [-0.1, -0.05) is 6.07 Å². The van der Waals surface area contributed by atoms with E-state index >= 15 is 0 Å². The van der Waals surface area contributed by atoms with Crippen LogP contribution in [0.2, 0.25) is 0 Å². The summed E-state index contributed by atoms with van der Waals surface area (Å²) in [4.78, 5) is 8.04. The smallest absolute Gasteiger partial charge is 0.167 e. The molecule has 0 amide bonds. The van der Waals surface area contributed by atoms with Crippen LogP contribution in [0.15, 0.2) is 47.6 Å². The van der Waals surface area contributed by atoms with Crippen molar-refractivity contribution in [2.24, 2.45) is 10.7 Å². The highest BCUT2D eigenvalue weighted by Crippen LogP contribution is 2.23. The van der Waals surface area contributed by atoms with E-state index in [-0.39, 0.29) is 24.1 Å². The van der Waals surface area contributed by atoms with Gasteiger partial charge in [0, 0.05) is 12.3 Å². The van der Waals surface area contributed by atoms with Crippen LogP contribution >= 0.6 is 11.6 Å². The van der Waals surface area contributed by atoms with Crippen LogP contribution in [-0.4, -0.2) is 16.7 Å². The minimum atomic E-state index is -0.510. The van der Waals surface area contributed by atoms with Crippen molar-refractivity contribution in [3.8, 4) is 5.75 Å². The number of halogens is 2. The van der Waals surface area contributed by atoms with Crippen molar-refractivity contribution in [3.63, 3.8) is 0 Å². The van der Waals surface area contributed by atoms with Gasteiger partial charge in [0.15, 0.2) is 11.6 Å². The average molecular weight is 294 g/mol. The Balaban J connectivity index is 2.06. The van der Waals surface area contributed by atoms with E-state index in [1.807, 2.05) is 6.07 Å². The molecule has 0 bridgehead atoms. The highest BCUT2D eigenvalue weighted by atomic mass is 35.5. The molecule has 4 nitrogen and oxygen atoms in total. The number of ether oxygens (including phenoxy) is 1. The first-order valence-electron chi connectivity index (χ1n) is 5.90. The minimum Gasteiger partial charge on any atom is -0.484 e. The van der Waals surface area contributed by atoms with Gasteiger partial charge in [-0.05, 0) is 24.3 Å². The molecule has 2 aromatic rings. The molecule has 1 aromatic heterocycles. The number of aliphatic imine (C=N–C) groups is 1. The maximum Gasteiger partial charge on any atom is 0.167 e. The Morgan fingerprint density at radius 3 is 2.85 bits per heavy atom. The van der Waals surface area contributed by atoms with Crippen LogP contribution in [0.3, 0.4) is 0 Å². The topological polar surface area (TPSA) is 60.5 Å². The number of hydrogen-bond acceptors (Lipinski definition) is 3. The van der Waals surface area contributed by atoms with Crippen molar-refractivity contribution in [2.45, 2.75) is 6.61 Å². The molecule has 0 aliphatic heterocycles. The molecular formula is C14H13ClFN3O. The molecule has 0 aliphatic carbocycles. The Bertz CT molecular complexity index is 605. The number of amidine groups is 1. The quantitative estimate of drug-likeness (QED) is 0.524. The summed E-state index contributed by atoms with van der Waals surface area (Å²) >= 11 is 5.51. The summed E-state index contributed by atoms with van der Waals surface area (Å²) in [5.74, 6) is -0.0451. The van der Waals surface area contributed by atoms with Crippen molar-refractivity contribution < 1.29 is 9.13 Å². The molecule has 0 radical (unpaired) electrons. The van der Waals surface area contributed by atoms with Crippen LogP contribution in [0.4, 0.5) is 10.1 Å². The SMILES string of the molecule is NC(CCl)=Nc1ccc(OCc2ccccn2)c(F)c1. The molecule has 1 aromatic carbocycles. The zero-order chi connectivity index (χ0) is 14.4. The summed E-state index contributed by atoms with van der Waals surface area (Å²) < 4.78 is 19.2. The summed E-state index contributed by atoms with van der Waals surface area (Å²) in [6.07, 6.45) is 1.65. The first kappa shape index (κ1) is 14.3. The molecule has 0 unspecified atom stereocenters. The van der Waals surface area contributed by atoms with E-state index in [0.717, 1.165) is 5.69 Å². The number of alkyl halides is 1. The molecule has 0 atom stereocenters. The maximum atomic E-state index is 13.8. The summed E-state index contributed by atoms with van der Waals surface area (Å²) in [5.41, 5.74) is 6.60. The largest absolute Gasteiger partial charge is 0.484 e. The van der Waals surface area contributed by atoms with Crippen LogP contribution in [-0.2, 0) is 6.61 Å². The van der Waals surface area contributed by atoms with Crippen molar-refractivity contribution in [3.05, 3.63) is 54.1 Å². The summed E-state index contributed by atoms with van der Waals surface area (Å²) in [7, 11) is 0. The zero-order valence-corrected chi connectivity index (χ0v) is 11.3. The molecule has 104 valence electrons. The lowest BCUT2D eigenvalue weighted by Gasteiger charge is -2.07. The normalized spacial score (nSPS) is 11.4. The number of nitrogens with two attached hydrogens (primary N) is 1. The van der Waals surface area contributed by atoms with E-state index in [2.05, 4.69) is 9.98 Å². The fraction of sp³-hybridized carbons (Fsp3) is 0.143. The lowest BCUT2D eigenvalue weighted by atomic mass is 10.3. The summed E-state index contributed by atoms with van der Waals surface area (Å²) in [5, 5.41) is 0. The van der Waals surface area contributed by atoms with Crippen molar-refractivity contribution >= 4 is 23.1 Å². The van der Waals surface area contributed by atoms with Crippen LogP contribution in [0.5, 0.6) is 5.75 Å². The van der Waals surface area contributed by atoms with E-state index in [0.29, 0.717) is 5.69 Å². The summed E-state index contributed by atoms with van der Waals surface area (Å²) in [6, 6.07) is 9.80. The van der Waals surface area contributed by atoms with Gasteiger partial charge in [0.2, 0.25) is 0 Å². The maximum absolute atomic E-state index is 13.8. The number of hydrogen-bond donors (Lipinski definition) is 1. The molecule has 2 rings (SSSR count). The van der Waals surface area contributed by atoms with Crippen LogP contribution in [0, 0.1) is 5.82 Å². The number of rotatable bonds is 5. The predicted octanol–water partition coefficient (Wildman–Crippen LogP) is 3.03. The average Bonchev–Trinajstić information content (AvgIpc) is 2.47. The number of pyridine rings is 1. The first-order valence-corrected chi connectivity index (χ1v) is 6.44. The van der Waals surface area contributed by atoms with Crippen molar-refractivity contribution in [2.75, 3.05) is 5.88 Å². The minimum absolute atomic E-state index is 0.0968. The third-order valence-corrected chi connectivity index (χ3v) is 2.70. The molecule has 20 heavy (non-hydrogen) atoms. The van der Waals surface area contributed by atoms with E-state index < -0.39 is 5.82 Å². The molecule has 1 heterocycles. The fourth-order valence-corrected chi connectivity index (χ4v) is 1.57. The van der Waals surface area contributed by atoms with E-state index in [9.17, 15) is 4.39 Å². The molecule has 0 spiro atoms. The highest BCUT2D eigenvalue weighted by Gasteiger charge is 2.05. The van der Waals surface area contributed by atoms with Crippen molar-refractivity contribution in [1.29, 1.82) is 0 Å². The number of nitrogens with zero attached hydrogens (tertiary/aromatic N) is 2. The van der Waals surface area contributed by atoms with E-state index in [1.54, 1.807) is 24.4 Å². The fourth-order valence-electron chi connectivity index (χ4n) is 1.51. The number of aromatic nitrogens is 1. The number of benzene rings is 1. The molecule has 0 aliphatic rings. The standard InChI is InChI=1S/C14H13ClFN3O/c15-8-14(17)19-10-4-5-13(12(16)7-10)20-9-11-3-1-2-6-18-11/h1-7H,8-9H2,(H2,17,19). The van der Waals surface area contributed by atoms with Gasteiger partial charge in [-0.15, -0.1) is 11.6 Å². The Labute approximate surface area is 121 Å². The monoisotopic (exact) mass is 293 g/mol. The Kier molecular flexibility index (Phi) is 4.90. The molecule has 0 fully saturated rings. The lowest BCUT2D eigenvalue weighted by Crippen LogP contribution is -2.12. The lowest BCUT2D eigenvalue weighted by molar-refractivity contribution is 0.286. The Morgan fingerprint density at radius 1 is 1.35 bits per heavy atom. The van der Waals surface area contributed by atoms with Gasteiger partial charge < -0.3 is 10.5 Å². The van der Waals surface area contributed by atoms with Gasteiger partial charge in [-0.25, -0.2) is 9.38 Å². The molecular weight excluding hydrogens is 281 g/mol. The van der Waals surface area contributed by atoms with Gasteiger partial charge in [0.1, 0.15) is 12.4 Å². The second-order valence-electron chi connectivity index (χ2n) is 3.96. The Hall–Kier alpha value is -2.14. The Morgan fingerprint density at radius 2 is 2.20 bits per heavy atom. The second-order valence-corrected chi connectivity index (χ2v) is 4.23. The van der Waals surface area contributed by atoms with Crippen LogP contribution in [0.25, 0.3) is 0 Å². The zero-order valence-electron chi connectivity index (χ0n) is 10.6. The predicted molar refractivity (Wildman–Crippen MR) is 77.0 cm³/mol. The van der Waals surface area contributed by atoms with Gasteiger partial charge in [0.05, 0.1) is 17.3 Å². The van der Waals surface area contributed by atoms with Crippen LogP contribution in [0.1, 0.15) is 5.69 Å². The first-order chi connectivity index (χ1) is 9.69. The van der Waals surface area contributed by atoms with Gasteiger partial charge in [-0.2, -0.15) is 0 Å². The molecule has 0 saturated carbocycles. The highest BCUT2D eigenvalue weighted by molar-refractivity contribution is 6.28. The third kappa shape index (κ3) is 3.93. The van der Waals surface area contributed by atoms with Crippen LogP contribution < -0.4 is 10.5 Å². The summed E-state index contributed by atoms with van der Waals surface area (Å²) in [6.45, 7) is 0.199. The van der Waals surface area contributed by atoms with E-state index in [4.69, 9.17) is 22.1 Å². The third-order valence-electron chi connectivity index (χ3n) is 2.43.